The Morgan fingerprint density at radius 3 is 2.50 bits per heavy atom. The minimum Gasteiger partial charge on any atom is -0.322 e. The van der Waals surface area contributed by atoms with E-state index in [1.54, 1.807) is 24.3 Å². The Balaban J connectivity index is 1.44. The van der Waals surface area contributed by atoms with Crippen LogP contribution in [-0.4, -0.2) is 41.5 Å². The fraction of sp³-hybridized carbons (Fsp3) is 0.296. The summed E-state index contributed by atoms with van der Waals surface area (Å²) in [7, 11) is 2.22. The number of fused-ring (bicyclic) bond motifs is 3. The quantitative estimate of drug-likeness (QED) is 0.305. The van der Waals surface area contributed by atoms with Crippen molar-refractivity contribution >= 4 is 17.3 Å². The predicted molar refractivity (Wildman–Crippen MR) is 128 cm³/mol. The normalized spacial score (nSPS) is 23.3. The maximum absolute atomic E-state index is 13.5. The first-order valence-electron chi connectivity index (χ1n) is 11.5. The number of rotatable bonds is 4. The molecule has 1 fully saturated rings. The van der Waals surface area contributed by atoms with E-state index in [9.17, 15) is 19.3 Å². The number of anilines is 1. The lowest BCUT2D eigenvalue weighted by Crippen LogP contribution is -2.56. The zero-order chi connectivity index (χ0) is 24.0. The van der Waals surface area contributed by atoms with Crippen molar-refractivity contribution in [1.82, 2.24) is 0 Å². The maximum atomic E-state index is 13.5. The number of piperidine rings is 1. The number of halogens is 1. The van der Waals surface area contributed by atoms with Crippen LogP contribution in [0.2, 0.25) is 0 Å². The van der Waals surface area contributed by atoms with Crippen LogP contribution in [0.15, 0.2) is 66.7 Å². The van der Waals surface area contributed by atoms with Crippen LogP contribution < -0.4 is 4.90 Å². The molecular formula is C27H27FN3O3+. The van der Waals surface area contributed by atoms with Gasteiger partial charge in [-0.25, -0.2) is 4.39 Å². The zero-order valence-electron chi connectivity index (χ0n) is 19.3. The summed E-state index contributed by atoms with van der Waals surface area (Å²) in [5.74, 6) is -0.260. The summed E-state index contributed by atoms with van der Waals surface area (Å²) in [4.78, 5) is 26.1. The fourth-order valence-corrected chi connectivity index (χ4v) is 5.62. The molecule has 7 heteroatoms. The Labute approximate surface area is 198 Å². The summed E-state index contributed by atoms with van der Waals surface area (Å²) in [6.45, 7) is 4.59. The van der Waals surface area contributed by atoms with Crippen molar-refractivity contribution in [3.8, 4) is 0 Å². The van der Waals surface area contributed by atoms with Crippen molar-refractivity contribution in [3.63, 3.8) is 0 Å². The Bertz CT molecular complexity index is 1260. The molecule has 3 aromatic carbocycles. The van der Waals surface area contributed by atoms with Crippen LogP contribution in [0.4, 0.5) is 15.8 Å². The average molecular weight is 461 g/mol. The van der Waals surface area contributed by atoms with Crippen molar-refractivity contribution in [2.24, 2.45) is 0 Å². The summed E-state index contributed by atoms with van der Waals surface area (Å²) in [6.07, 6.45) is 0.842. The SMILES string of the molecule is Cc1ccc2c(c1)[C@@H]1C[N@@+](C)(Cc3ccc([N+](=O)[O-])cc3)CC[C@@H]1N2C(=O)c1ccc(F)cc1. The van der Waals surface area contributed by atoms with Crippen LogP contribution in [0.5, 0.6) is 0 Å². The zero-order valence-corrected chi connectivity index (χ0v) is 19.3. The molecule has 2 aliphatic rings. The predicted octanol–water partition coefficient (Wildman–Crippen LogP) is 5.21. The first-order chi connectivity index (χ1) is 16.2. The maximum Gasteiger partial charge on any atom is 0.269 e. The van der Waals surface area contributed by atoms with Gasteiger partial charge in [0.1, 0.15) is 12.4 Å². The van der Waals surface area contributed by atoms with Crippen molar-refractivity contribution in [2.75, 3.05) is 25.0 Å². The average Bonchev–Trinajstić information content (AvgIpc) is 3.11. The van der Waals surface area contributed by atoms with E-state index < -0.39 is 0 Å². The lowest BCUT2D eigenvalue weighted by atomic mass is 9.87. The van der Waals surface area contributed by atoms with Crippen molar-refractivity contribution in [1.29, 1.82) is 0 Å². The smallest absolute Gasteiger partial charge is 0.269 e. The highest BCUT2D eigenvalue weighted by atomic mass is 19.1. The van der Waals surface area contributed by atoms with Crippen LogP contribution in [0.3, 0.4) is 0 Å². The van der Waals surface area contributed by atoms with Crippen LogP contribution in [0.1, 0.15) is 39.4 Å². The highest BCUT2D eigenvalue weighted by Gasteiger charge is 2.49. The number of carbonyl (C=O) groups is 1. The van der Waals surface area contributed by atoms with Crippen LogP contribution in [0, 0.1) is 22.9 Å². The van der Waals surface area contributed by atoms with Gasteiger partial charge in [-0.2, -0.15) is 0 Å². The summed E-state index contributed by atoms with van der Waals surface area (Å²) in [5.41, 5.74) is 4.94. The van der Waals surface area contributed by atoms with E-state index in [1.165, 1.54) is 17.7 Å². The minimum absolute atomic E-state index is 0.0532. The lowest BCUT2D eigenvalue weighted by Gasteiger charge is -2.44. The van der Waals surface area contributed by atoms with E-state index >= 15 is 0 Å². The van der Waals surface area contributed by atoms with Gasteiger partial charge < -0.3 is 9.38 Å². The van der Waals surface area contributed by atoms with E-state index in [0.29, 0.717) is 5.56 Å². The van der Waals surface area contributed by atoms with Crippen LogP contribution >= 0.6 is 0 Å². The van der Waals surface area contributed by atoms with Gasteiger partial charge in [0.05, 0.1) is 37.0 Å². The van der Waals surface area contributed by atoms with Crippen LogP contribution in [0.25, 0.3) is 0 Å². The van der Waals surface area contributed by atoms with Crippen molar-refractivity contribution in [3.05, 3.63) is 105 Å². The Kier molecular flexibility index (Phi) is 5.44. The summed E-state index contributed by atoms with van der Waals surface area (Å²) in [6, 6.07) is 18.9. The number of carbonyl (C=O) groups excluding carboxylic acids is 1. The van der Waals surface area contributed by atoms with Crippen LogP contribution in [-0.2, 0) is 6.54 Å². The van der Waals surface area contributed by atoms with Gasteiger partial charge in [0.25, 0.3) is 11.6 Å². The molecule has 5 rings (SSSR count). The molecule has 0 unspecified atom stereocenters. The molecule has 0 spiro atoms. The number of amides is 1. The monoisotopic (exact) mass is 460 g/mol. The summed E-state index contributed by atoms with van der Waals surface area (Å²) in [5, 5.41) is 11.0. The van der Waals surface area contributed by atoms with E-state index in [1.807, 2.05) is 29.2 Å². The van der Waals surface area contributed by atoms with E-state index in [4.69, 9.17) is 0 Å². The molecule has 6 nitrogen and oxygen atoms in total. The largest absolute Gasteiger partial charge is 0.322 e. The molecule has 1 saturated heterocycles. The Hall–Kier alpha value is -3.58. The number of non-ortho nitro benzene ring substituents is 1. The number of hydrogen-bond acceptors (Lipinski definition) is 3. The first-order valence-corrected chi connectivity index (χ1v) is 11.5. The third-order valence-electron chi connectivity index (χ3n) is 7.26. The standard InChI is InChI=1S/C27H27FN3O3/c1-18-3-12-25-23(15-18)24-17-31(2,16-19-4-10-22(11-5-19)30(33)34)14-13-26(24)29(25)27(32)20-6-8-21(28)9-7-20/h3-12,15,24,26H,13-14,16-17H2,1-2H3/q+1/t24-,26-,31+/m0/s1. The summed E-state index contributed by atoms with van der Waals surface area (Å²) >= 11 is 0. The second-order valence-electron chi connectivity index (χ2n) is 9.81. The van der Waals surface area contributed by atoms with Gasteiger partial charge in [-0.1, -0.05) is 17.7 Å². The van der Waals surface area contributed by atoms with Gasteiger partial charge in [0, 0.05) is 35.4 Å². The Morgan fingerprint density at radius 1 is 1.12 bits per heavy atom. The second kappa shape index (κ2) is 8.33. The molecule has 2 heterocycles. The molecule has 0 saturated carbocycles. The molecule has 34 heavy (non-hydrogen) atoms. The van der Waals surface area contributed by atoms with Gasteiger partial charge in [-0.3, -0.25) is 14.9 Å². The van der Waals surface area contributed by atoms with Gasteiger partial charge in [-0.15, -0.1) is 0 Å². The van der Waals surface area contributed by atoms with Gasteiger partial charge in [0.2, 0.25) is 0 Å². The third-order valence-corrected chi connectivity index (χ3v) is 7.26. The van der Waals surface area contributed by atoms with Crippen molar-refractivity contribution < 1.29 is 18.6 Å². The summed E-state index contributed by atoms with van der Waals surface area (Å²) < 4.78 is 14.2. The van der Waals surface area contributed by atoms with Crippen molar-refractivity contribution in [2.45, 2.75) is 31.8 Å². The number of hydrogen-bond donors (Lipinski definition) is 0. The highest BCUT2D eigenvalue weighted by molar-refractivity contribution is 6.08. The number of nitro benzene ring substituents is 1. The number of benzene rings is 3. The molecule has 3 atom stereocenters. The molecule has 0 aromatic heterocycles. The topological polar surface area (TPSA) is 63.5 Å². The van der Waals surface area contributed by atoms with Gasteiger partial charge in [0.15, 0.2) is 0 Å². The van der Waals surface area contributed by atoms with E-state index in [0.717, 1.165) is 47.4 Å². The number of likely N-dealkylation sites (tertiary alicyclic amines) is 1. The molecule has 1 amide bonds. The molecule has 3 aromatic rings. The van der Waals surface area contributed by atoms with Gasteiger partial charge in [-0.05, 0) is 55.0 Å². The molecule has 0 N–H and O–H groups in total. The second-order valence-corrected chi connectivity index (χ2v) is 9.81. The first kappa shape index (κ1) is 22.2. The minimum atomic E-state index is -0.379. The van der Waals surface area contributed by atoms with E-state index in [2.05, 4.69) is 20.0 Å². The molecular weight excluding hydrogens is 433 g/mol. The van der Waals surface area contributed by atoms with E-state index in [-0.39, 0.29) is 34.3 Å². The number of aryl methyl sites for hydroxylation is 1. The highest BCUT2D eigenvalue weighted by Crippen LogP contribution is 2.47. The number of nitrogens with zero attached hydrogens (tertiary/aromatic N) is 3. The number of nitro groups is 1. The molecule has 0 radical (unpaired) electrons. The Morgan fingerprint density at radius 2 is 1.82 bits per heavy atom. The van der Waals surface area contributed by atoms with Gasteiger partial charge >= 0.3 is 0 Å². The lowest BCUT2D eigenvalue weighted by molar-refractivity contribution is -0.928. The fourth-order valence-electron chi connectivity index (χ4n) is 5.62. The molecule has 2 aliphatic heterocycles. The third kappa shape index (κ3) is 3.96. The molecule has 174 valence electrons. The number of likely N-dealkylation sites (N-methyl/N-ethyl adjacent to an activating group) is 1. The number of quaternary nitrogens is 1. The molecule has 0 bridgehead atoms. The molecule has 0 aliphatic carbocycles.